The summed E-state index contributed by atoms with van der Waals surface area (Å²) in [5.41, 5.74) is 5.71. The third kappa shape index (κ3) is 4.00. The molecule has 1 heteroatoms. The highest BCUT2D eigenvalue weighted by molar-refractivity contribution is 4.77. The molecule has 14 heavy (non-hydrogen) atoms. The lowest BCUT2D eigenvalue weighted by molar-refractivity contribution is 0.338. The van der Waals surface area contributed by atoms with Gasteiger partial charge in [0.1, 0.15) is 0 Å². The Hall–Kier alpha value is -0.0400. The maximum atomic E-state index is 5.71. The van der Waals surface area contributed by atoms with E-state index in [9.17, 15) is 0 Å². The minimum absolute atomic E-state index is 0.839. The summed E-state index contributed by atoms with van der Waals surface area (Å²) in [7, 11) is 0. The quantitative estimate of drug-likeness (QED) is 0.718. The number of rotatable bonds is 5. The van der Waals surface area contributed by atoms with E-state index in [2.05, 4.69) is 20.8 Å². The molecule has 0 aromatic carbocycles. The minimum atomic E-state index is 0.839. The molecule has 0 bridgehead atoms. The second-order valence-corrected chi connectivity index (χ2v) is 5.75. The van der Waals surface area contributed by atoms with E-state index in [0.717, 1.165) is 30.2 Å². The van der Waals surface area contributed by atoms with E-state index in [0.29, 0.717) is 0 Å². The predicted molar refractivity (Wildman–Crippen MR) is 63.1 cm³/mol. The molecule has 1 nitrogen and oxygen atoms in total. The van der Waals surface area contributed by atoms with Gasteiger partial charge in [-0.15, -0.1) is 0 Å². The van der Waals surface area contributed by atoms with Crippen molar-refractivity contribution < 1.29 is 0 Å². The maximum Gasteiger partial charge on any atom is -0.00488 e. The molecule has 0 heterocycles. The van der Waals surface area contributed by atoms with Crippen LogP contribution in [0.5, 0.6) is 0 Å². The first kappa shape index (κ1) is 12.0. The van der Waals surface area contributed by atoms with Gasteiger partial charge in [-0.1, -0.05) is 27.2 Å². The van der Waals surface area contributed by atoms with Crippen LogP contribution in [0.2, 0.25) is 0 Å². The van der Waals surface area contributed by atoms with Crippen molar-refractivity contribution in [3.05, 3.63) is 0 Å². The van der Waals surface area contributed by atoms with Gasteiger partial charge in [-0.25, -0.2) is 0 Å². The monoisotopic (exact) mass is 197 g/mol. The summed E-state index contributed by atoms with van der Waals surface area (Å²) in [5, 5.41) is 0. The van der Waals surface area contributed by atoms with Crippen molar-refractivity contribution in [1.82, 2.24) is 0 Å². The zero-order valence-corrected chi connectivity index (χ0v) is 10.1. The zero-order chi connectivity index (χ0) is 10.6. The number of hydrogen-bond donors (Lipinski definition) is 1. The number of nitrogens with two attached hydrogens (primary N) is 1. The summed E-state index contributed by atoms with van der Waals surface area (Å²) in [5.74, 6) is 3.59. The van der Waals surface area contributed by atoms with Crippen molar-refractivity contribution >= 4 is 0 Å². The Morgan fingerprint density at radius 3 is 2.29 bits per heavy atom. The van der Waals surface area contributed by atoms with Crippen molar-refractivity contribution in [3.63, 3.8) is 0 Å². The van der Waals surface area contributed by atoms with Gasteiger partial charge in [0.15, 0.2) is 0 Å². The van der Waals surface area contributed by atoms with Gasteiger partial charge < -0.3 is 5.73 Å². The molecule has 0 spiro atoms. The summed E-state index contributed by atoms with van der Waals surface area (Å²) in [4.78, 5) is 0. The van der Waals surface area contributed by atoms with E-state index >= 15 is 0 Å². The Kier molecular flexibility index (Phi) is 4.94. The average molecular weight is 197 g/mol. The topological polar surface area (TPSA) is 26.0 Å². The molecule has 3 unspecified atom stereocenters. The lowest BCUT2D eigenvalue weighted by Gasteiger charge is -2.18. The summed E-state index contributed by atoms with van der Waals surface area (Å²) in [6.07, 6.45) is 7.05. The summed E-state index contributed by atoms with van der Waals surface area (Å²) < 4.78 is 0. The normalized spacial score (nSPS) is 29.8. The fraction of sp³-hybridized carbons (Fsp3) is 1.00. The van der Waals surface area contributed by atoms with Gasteiger partial charge in [0, 0.05) is 0 Å². The largest absolute Gasteiger partial charge is 0.330 e. The highest BCUT2D eigenvalue weighted by Crippen LogP contribution is 2.35. The van der Waals surface area contributed by atoms with E-state index < -0.39 is 0 Å². The Bertz CT molecular complexity index is 153. The molecule has 1 saturated carbocycles. The fourth-order valence-corrected chi connectivity index (χ4v) is 3.08. The second-order valence-electron chi connectivity index (χ2n) is 5.75. The summed E-state index contributed by atoms with van der Waals surface area (Å²) in [6, 6.07) is 0. The van der Waals surface area contributed by atoms with Gasteiger partial charge in [0.2, 0.25) is 0 Å². The molecule has 0 saturated heterocycles. The third-order valence-electron chi connectivity index (χ3n) is 3.59. The SMILES string of the molecule is CC(C)CC(C)CC1CCC(CN)C1. The lowest BCUT2D eigenvalue weighted by atomic mass is 9.88. The van der Waals surface area contributed by atoms with Crippen LogP contribution in [0.1, 0.15) is 52.9 Å². The lowest BCUT2D eigenvalue weighted by Crippen LogP contribution is -2.12. The zero-order valence-electron chi connectivity index (χ0n) is 10.1. The molecule has 2 N–H and O–H groups in total. The molecule has 0 amide bonds. The van der Waals surface area contributed by atoms with Crippen LogP contribution in [-0.2, 0) is 0 Å². The van der Waals surface area contributed by atoms with Gasteiger partial charge in [0.05, 0.1) is 0 Å². The van der Waals surface area contributed by atoms with E-state index in [1.807, 2.05) is 0 Å². The van der Waals surface area contributed by atoms with Crippen LogP contribution in [0.25, 0.3) is 0 Å². The third-order valence-corrected chi connectivity index (χ3v) is 3.59. The molecule has 0 aromatic rings. The molecule has 3 atom stereocenters. The Balaban J connectivity index is 2.18. The highest BCUT2D eigenvalue weighted by atomic mass is 14.6. The fourth-order valence-electron chi connectivity index (χ4n) is 3.08. The molecule has 1 rings (SSSR count). The van der Waals surface area contributed by atoms with E-state index in [4.69, 9.17) is 5.73 Å². The first-order valence-corrected chi connectivity index (χ1v) is 6.31. The first-order valence-electron chi connectivity index (χ1n) is 6.31. The molecule has 1 aliphatic rings. The molecular weight excluding hydrogens is 170 g/mol. The Morgan fingerprint density at radius 2 is 1.79 bits per heavy atom. The van der Waals surface area contributed by atoms with E-state index in [-0.39, 0.29) is 0 Å². The van der Waals surface area contributed by atoms with Crippen LogP contribution in [0.3, 0.4) is 0 Å². The van der Waals surface area contributed by atoms with Crippen LogP contribution >= 0.6 is 0 Å². The molecule has 84 valence electrons. The van der Waals surface area contributed by atoms with Crippen molar-refractivity contribution in [3.8, 4) is 0 Å². The van der Waals surface area contributed by atoms with Crippen LogP contribution < -0.4 is 5.73 Å². The van der Waals surface area contributed by atoms with Gasteiger partial charge in [-0.05, 0) is 55.9 Å². The Morgan fingerprint density at radius 1 is 1.14 bits per heavy atom. The van der Waals surface area contributed by atoms with Crippen molar-refractivity contribution in [2.24, 2.45) is 29.4 Å². The van der Waals surface area contributed by atoms with Crippen molar-refractivity contribution in [2.45, 2.75) is 52.9 Å². The van der Waals surface area contributed by atoms with Crippen molar-refractivity contribution in [2.75, 3.05) is 6.54 Å². The molecule has 1 fully saturated rings. The van der Waals surface area contributed by atoms with Crippen LogP contribution in [0.15, 0.2) is 0 Å². The molecular formula is C13H27N. The van der Waals surface area contributed by atoms with Crippen molar-refractivity contribution in [1.29, 1.82) is 0 Å². The highest BCUT2D eigenvalue weighted by Gasteiger charge is 2.24. The average Bonchev–Trinajstić information content (AvgIpc) is 2.50. The van der Waals surface area contributed by atoms with Crippen LogP contribution in [0, 0.1) is 23.7 Å². The minimum Gasteiger partial charge on any atom is -0.330 e. The maximum absolute atomic E-state index is 5.71. The first-order chi connectivity index (χ1) is 6.61. The van der Waals surface area contributed by atoms with E-state index in [1.165, 1.54) is 32.1 Å². The predicted octanol–water partition coefficient (Wildman–Crippen LogP) is 3.43. The van der Waals surface area contributed by atoms with Gasteiger partial charge in [-0.2, -0.15) is 0 Å². The molecule has 0 aliphatic heterocycles. The van der Waals surface area contributed by atoms with Gasteiger partial charge in [-0.3, -0.25) is 0 Å². The van der Waals surface area contributed by atoms with Gasteiger partial charge in [0.25, 0.3) is 0 Å². The van der Waals surface area contributed by atoms with E-state index in [1.54, 1.807) is 0 Å². The smallest absolute Gasteiger partial charge is 0.00488 e. The Labute approximate surface area is 89.5 Å². The van der Waals surface area contributed by atoms with Gasteiger partial charge >= 0.3 is 0 Å². The standard InChI is InChI=1S/C13H27N/c1-10(2)6-11(3)7-12-4-5-13(8-12)9-14/h10-13H,4-9,14H2,1-3H3. The van der Waals surface area contributed by atoms with Crippen LogP contribution in [-0.4, -0.2) is 6.54 Å². The molecule has 1 aliphatic carbocycles. The number of hydrogen-bond acceptors (Lipinski definition) is 1. The second kappa shape index (κ2) is 5.75. The molecule has 0 radical (unpaired) electrons. The van der Waals surface area contributed by atoms with Crippen LogP contribution in [0.4, 0.5) is 0 Å². The summed E-state index contributed by atoms with van der Waals surface area (Å²) in [6.45, 7) is 7.98. The summed E-state index contributed by atoms with van der Waals surface area (Å²) >= 11 is 0. The molecule has 0 aromatic heterocycles.